The van der Waals surface area contributed by atoms with Crippen LogP contribution in [0.15, 0.2) is 34.6 Å². The summed E-state index contributed by atoms with van der Waals surface area (Å²) >= 11 is 0. The first kappa shape index (κ1) is 19.4. The maximum Gasteiger partial charge on any atom is 0.415 e. The monoisotopic (exact) mass is 337 g/mol. The largest absolute Gasteiger partial charge is 0.452 e. The summed E-state index contributed by atoms with van der Waals surface area (Å²) in [6.45, 7) is 3.60. The molecule has 0 heterocycles. The standard InChI is InChI=1S/C16H23N3O5/c1-12(18-23-5)10-17-24-13(2)14-8-6-7-9-15(14)19(11-21-3)16(20)22-4/h6-10,13H,11H2,1-5H3. The van der Waals surface area contributed by atoms with Crippen molar-refractivity contribution in [3.8, 4) is 0 Å². The van der Waals surface area contributed by atoms with Gasteiger partial charge in [0.2, 0.25) is 0 Å². The van der Waals surface area contributed by atoms with Crippen LogP contribution in [0.1, 0.15) is 25.5 Å². The van der Waals surface area contributed by atoms with Crippen LogP contribution in [0.25, 0.3) is 0 Å². The van der Waals surface area contributed by atoms with E-state index in [0.717, 1.165) is 5.56 Å². The lowest BCUT2D eigenvalue weighted by Crippen LogP contribution is -2.33. The first-order chi connectivity index (χ1) is 11.5. The third-order valence-corrected chi connectivity index (χ3v) is 3.01. The van der Waals surface area contributed by atoms with Gasteiger partial charge in [0.1, 0.15) is 13.8 Å². The maximum absolute atomic E-state index is 12.0. The second-order valence-electron chi connectivity index (χ2n) is 4.77. The summed E-state index contributed by atoms with van der Waals surface area (Å²) in [4.78, 5) is 23.4. The van der Waals surface area contributed by atoms with Crippen LogP contribution < -0.4 is 4.90 Å². The van der Waals surface area contributed by atoms with Crippen LogP contribution in [0.2, 0.25) is 0 Å². The number of benzene rings is 1. The van der Waals surface area contributed by atoms with Crippen LogP contribution in [0.5, 0.6) is 0 Å². The number of para-hydroxylation sites is 1. The van der Waals surface area contributed by atoms with E-state index in [9.17, 15) is 4.79 Å². The van der Waals surface area contributed by atoms with Gasteiger partial charge in [0, 0.05) is 12.7 Å². The first-order valence-electron chi connectivity index (χ1n) is 7.25. The molecule has 0 saturated carbocycles. The number of carbonyl (C=O) groups excluding carboxylic acids is 1. The first-order valence-corrected chi connectivity index (χ1v) is 7.25. The van der Waals surface area contributed by atoms with Gasteiger partial charge in [0.25, 0.3) is 0 Å². The van der Waals surface area contributed by atoms with Crippen LogP contribution in [-0.4, -0.2) is 46.1 Å². The number of hydrogen-bond acceptors (Lipinski definition) is 7. The topological polar surface area (TPSA) is 82.0 Å². The van der Waals surface area contributed by atoms with Gasteiger partial charge in [0.05, 0.1) is 24.7 Å². The molecular weight excluding hydrogens is 314 g/mol. The number of methoxy groups -OCH3 is 2. The summed E-state index contributed by atoms with van der Waals surface area (Å²) in [7, 11) is 4.27. The number of oxime groups is 2. The lowest BCUT2D eigenvalue weighted by atomic mass is 10.1. The second kappa shape index (κ2) is 10.2. The van der Waals surface area contributed by atoms with Gasteiger partial charge in [-0.25, -0.2) is 4.79 Å². The van der Waals surface area contributed by atoms with E-state index in [-0.39, 0.29) is 6.73 Å². The van der Waals surface area contributed by atoms with Gasteiger partial charge in [-0.2, -0.15) is 0 Å². The van der Waals surface area contributed by atoms with Crippen molar-refractivity contribution in [3.05, 3.63) is 29.8 Å². The fourth-order valence-electron chi connectivity index (χ4n) is 1.96. The van der Waals surface area contributed by atoms with Gasteiger partial charge in [-0.05, 0) is 19.9 Å². The van der Waals surface area contributed by atoms with Crippen LogP contribution >= 0.6 is 0 Å². The summed E-state index contributed by atoms with van der Waals surface area (Å²) in [5, 5.41) is 7.58. The smallest absolute Gasteiger partial charge is 0.415 e. The van der Waals surface area contributed by atoms with Crippen molar-refractivity contribution in [2.24, 2.45) is 10.3 Å². The Hall–Kier alpha value is -2.61. The minimum atomic E-state index is -0.525. The minimum Gasteiger partial charge on any atom is -0.452 e. The molecule has 24 heavy (non-hydrogen) atoms. The lowest BCUT2D eigenvalue weighted by Gasteiger charge is -2.24. The Bertz CT molecular complexity index is 589. The van der Waals surface area contributed by atoms with Gasteiger partial charge in [0.15, 0.2) is 6.10 Å². The van der Waals surface area contributed by atoms with Gasteiger partial charge < -0.3 is 19.1 Å². The number of ether oxygens (including phenoxy) is 2. The maximum atomic E-state index is 12.0. The molecule has 8 heteroatoms. The number of carbonyl (C=O) groups is 1. The molecule has 1 rings (SSSR count). The van der Waals surface area contributed by atoms with E-state index < -0.39 is 12.2 Å². The van der Waals surface area contributed by atoms with E-state index in [1.807, 2.05) is 25.1 Å². The summed E-state index contributed by atoms with van der Waals surface area (Å²) < 4.78 is 9.88. The van der Waals surface area contributed by atoms with Crippen molar-refractivity contribution in [1.82, 2.24) is 0 Å². The molecule has 1 amide bonds. The van der Waals surface area contributed by atoms with Gasteiger partial charge in [-0.15, -0.1) is 0 Å². The third kappa shape index (κ3) is 5.54. The van der Waals surface area contributed by atoms with Gasteiger partial charge >= 0.3 is 6.09 Å². The SMILES string of the molecule is COCN(C(=O)OC)c1ccccc1C(C)ON=CC(C)=NOC. The molecule has 0 bridgehead atoms. The average molecular weight is 337 g/mol. The molecule has 132 valence electrons. The van der Waals surface area contributed by atoms with Crippen LogP contribution in [0.3, 0.4) is 0 Å². The molecule has 0 aliphatic heterocycles. The summed E-state index contributed by atoms with van der Waals surface area (Å²) in [5.74, 6) is 0. The Morgan fingerprint density at radius 3 is 2.62 bits per heavy atom. The predicted octanol–water partition coefficient (Wildman–Crippen LogP) is 2.95. The van der Waals surface area contributed by atoms with E-state index in [1.54, 1.807) is 13.0 Å². The number of anilines is 1. The Labute approximate surface area is 141 Å². The lowest BCUT2D eigenvalue weighted by molar-refractivity contribution is 0.0738. The molecule has 0 aromatic heterocycles. The van der Waals surface area contributed by atoms with Crippen molar-refractivity contribution in [1.29, 1.82) is 0 Å². The number of nitrogens with zero attached hydrogens (tertiary/aromatic N) is 3. The molecular formula is C16H23N3O5. The van der Waals surface area contributed by atoms with E-state index in [0.29, 0.717) is 11.4 Å². The molecule has 0 aliphatic carbocycles. The molecule has 0 N–H and O–H groups in total. The van der Waals surface area contributed by atoms with E-state index in [2.05, 4.69) is 15.1 Å². The highest BCUT2D eigenvalue weighted by molar-refractivity contribution is 6.29. The Morgan fingerprint density at radius 2 is 2.00 bits per heavy atom. The Balaban J connectivity index is 2.99. The zero-order valence-corrected chi connectivity index (χ0v) is 14.6. The number of hydrogen-bond donors (Lipinski definition) is 0. The molecule has 1 atom stereocenters. The molecule has 8 nitrogen and oxygen atoms in total. The second-order valence-corrected chi connectivity index (χ2v) is 4.77. The van der Waals surface area contributed by atoms with Crippen molar-refractivity contribution in [2.45, 2.75) is 20.0 Å². The quantitative estimate of drug-likeness (QED) is 0.414. The minimum absolute atomic E-state index is 0.0548. The van der Waals surface area contributed by atoms with Crippen molar-refractivity contribution in [2.75, 3.05) is 33.0 Å². The van der Waals surface area contributed by atoms with E-state index >= 15 is 0 Å². The van der Waals surface area contributed by atoms with Crippen molar-refractivity contribution in [3.63, 3.8) is 0 Å². The highest BCUT2D eigenvalue weighted by Crippen LogP contribution is 2.29. The number of rotatable bonds is 8. The zero-order chi connectivity index (χ0) is 17.9. The summed E-state index contributed by atoms with van der Waals surface area (Å²) in [6, 6.07) is 7.29. The van der Waals surface area contributed by atoms with Crippen molar-refractivity contribution >= 4 is 23.7 Å². The molecule has 1 aromatic carbocycles. The number of amides is 1. The highest BCUT2D eigenvalue weighted by atomic mass is 16.6. The molecule has 0 fully saturated rings. The molecule has 1 unspecified atom stereocenters. The molecule has 0 aliphatic rings. The normalized spacial score (nSPS) is 12.8. The molecule has 0 radical (unpaired) electrons. The fourth-order valence-corrected chi connectivity index (χ4v) is 1.96. The Kier molecular flexibility index (Phi) is 8.28. The van der Waals surface area contributed by atoms with Gasteiger partial charge in [-0.1, -0.05) is 28.5 Å². The summed E-state index contributed by atoms with van der Waals surface area (Å²) in [6.07, 6.45) is 0.510. The van der Waals surface area contributed by atoms with Crippen LogP contribution in [0, 0.1) is 0 Å². The molecule has 0 spiro atoms. The van der Waals surface area contributed by atoms with Gasteiger partial charge in [-0.3, -0.25) is 4.90 Å². The van der Waals surface area contributed by atoms with Crippen molar-refractivity contribution < 1.29 is 23.9 Å². The predicted molar refractivity (Wildman–Crippen MR) is 91.3 cm³/mol. The van der Waals surface area contributed by atoms with Crippen LogP contribution in [0.4, 0.5) is 10.5 Å². The fraction of sp³-hybridized carbons (Fsp3) is 0.438. The average Bonchev–Trinajstić information content (AvgIpc) is 2.59. The molecule has 0 saturated heterocycles. The molecule has 1 aromatic rings. The third-order valence-electron chi connectivity index (χ3n) is 3.01. The Morgan fingerprint density at radius 1 is 1.29 bits per heavy atom. The van der Waals surface area contributed by atoms with E-state index in [4.69, 9.17) is 14.3 Å². The van der Waals surface area contributed by atoms with E-state index in [1.165, 1.54) is 32.4 Å². The highest BCUT2D eigenvalue weighted by Gasteiger charge is 2.22. The summed E-state index contributed by atoms with van der Waals surface area (Å²) in [5.41, 5.74) is 1.95. The zero-order valence-electron chi connectivity index (χ0n) is 14.6. The van der Waals surface area contributed by atoms with Crippen LogP contribution in [-0.2, 0) is 19.1 Å².